The number of ether oxygens (including phenoxy) is 2. The summed E-state index contributed by atoms with van der Waals surface area (Å²) in [6.45, 7) is 9.02. The van der Waals surface area contributed by atoms with Gasteiger partial charge in [0.1, 0.15) is 11.5 Å². The van der Waals surface area contributed by atoms with Crippen LogP contribution in [0.2, 0.25) is 0 Å². The van der Waals surface area contributed by atoms with Crippen molar-refractivity contribution in [1.82, 2.24) is 10.2 Å². The highest BCUT2D eigenvalue weighted by Crippen LogP contribution is 2.45. The maximum Gasteiger partial charge on any atom is 0.184 e. The number of thiocarbonyl (C=S) groups is 1. The maximum absolute atomic E-state index is 6.34. The van der Waals surface area contributed by atoms with E-state index in [0.29, 0.717) is 6.61 Å². The molecule has 1 N–H and O–H groups in total. The van der Waals surface area contributed by atoms with Crippen molar-refractivity contribution in [2.75, 3.05) is 6.61 Å². The normalized spacial score (nSPS) is 27.0. The lowest BCUT2D eigenvalue weighted by Crippen LogP contribution is -2.66. The van der Waals surface area contributed by atoms with Crippen molar-refractivity contribution in [3.63, 3.8) is 0 Å². The summed E-state index contributed by atoms with van der Waals surface area (Å²) in [7, 11) is 0. The molecule has 1 saturated heterocycles. The third-order valence-electron chi connectivity index (χ3n) is 4.13. The minimum absolute atomic E-state index is 0.205. The van der Waals surface area contributed by atoms with Gasteiger partial charge in [0.15, 0.2) is 10.8 Å². The maximum atomic E-state index is 6.34. The third-order valence-corrected chi connectivity index (χ3v) is 4.44. The number of hydrogen-bond donors (Lipinski definition) is 1. The van der Waals surface area contributed by atoms with Gasteiger partial charge in [0.05, 0.1) is 12.6 Å². The third kappa shape index (κ3) is 2.33. The molecule has 2 aliphatic heterocycles. The van der Waals surface area contributed by atoms with Gasteiger partial charge < -0.3 is 19.7 Å². The Labute approximate surface area is 131 Å². The first-order valence-corrected chi connectivity index (χ1v) is 7.91. The van der Waals surface area contributed by atoms with Crippen molar-refractivity contribution in [1.29, 1.82) is 0 Å². The average molecular weight is 306 g/mol. The molecule has 5 heteroatoms. The van der Waals surface area contributed by atoms with Gasteiger partial charge in [0, 0.05) is 24.1 Å². The molecule has 1 aromatic rings. The highest BCUT2D eigenvalue weighted by Gasteiger charge is 2.48. The number of nitrogens with zero attached hydrogens (tertiary/aromatic N) is 1. The molecular formula is C16H22N2O2S. The van der Waals surface area contributed by atoms with Gasteiger partial charge in [0.2, 0.25) is 0 Å². The summed E-state index contributed by atoms with van der Waals surface area (Å²) in [5, 5.41) is 4.22. The minimum Gasteiger partial charge on any atom is -0.494 e. The summed E-state index contributed by atoms with van der Waals surface area (Å²) in [5.74, 6) is 1.74. The second kappa shape index (κ2) is 5.05. The quantitative estimate of drug-likeness (QED) is 0.867. The van der Waals surface area contributed by atoms with E-state index in [9.17, 15) is 0 Å². The Hall–Kier alpha value is -1.49. The highest BCUT2D eigenvalue weighted by atomic mass is 32.1. The molecule has 114 valence electrons. The van der Waals surface area contributed by atoms with Crippen molar-refractivity contribution < 1.29 is 9.47 Å². The predicted octanol–water partition coefficient (Wildman–Crippen LogP) is 3.22. The van der Waals surface area contributed by atoms with Gasteiger partial charge in [-0.25, -0.2) is 0 Å². The van der Waals surface area contributed by atoms with E-state index < -0.39 is 5.72 Å². The fourth-order valence-corrected chi connectivity index (χ4v) is 3.95. The van der Waals surface area contributed by atoms with E-state index in [-0.39, 0.29) is 12.1 Å². The summed E-state index contributed by atoms with van der Waals surface area (Å²) < 4.78 is 11.9. The SMILES string of the molecule is CCOc1ccc2c(c1)OC1(C)CC2NC(=S)N1C(C)C. The first-order chi connectivity index (χ1) is 9.94. The van der Waals surface area contributed by atoms with Gasteiger partial charge in [-0.05, 0) is 52.0 Å². The molecule has 0 aliphatic carbocycles. The summed E-state index contributed by atoms with van der Waals surface area (Å²) in [4.78, 5) is 2.15. The smallest absolute Gasteiger partial charge is 0.184 e. The van der Waals surface area contributed by atoms with Crippen LogP contribution in [-0.2, 0) is 0 Å². The number of fused-ring (bicyclic) bond motifs is 4. The van der Waals surface area contributed by atoms with Crippen LogP contribution in [0.1, 0.15) is 45.7 Å². The van der Waals surface area contributed by atoms with Crippen LogP contribution in [-0.4, -0.2) is 28.4 Å². The predicted molar refractivity (Wildman–Crippen MR) is 86.7 cm³/mol. The number of rotatable bonds is 3. The van der Waals surface area contributed by atoms with Crippen LogP contribution in [0.5, 0.6) is 11.5 Å². The molecule has 0 saturated carbocycles. The molecule has 3 rings (SSSR count). The molecule has 2 aliphatic rings. The van der Waals surface area contributed by atoms with E-state index in [4.69, 9.17) is 21.7 Å². The summed E-state index contributed by atoms with van der Waals surface area (Å²) in [6.07, 6.45) is 0.881. The van der Waals surface area contributed by atoms with E-state index >= 15 is 0 Å². The lowest BCUT2D eigenvalue weighted by molar-refractivity contribution is -0.0809. The zero-order valence-electron chi connectivity index (χ0n) is 13.0. The van der Waals surface area contributed by atoms with Gasteiger partial charge in [-0.1, -0.05) is 0 Å². The zero-order chi connectivity index (χ0) is 15.2. The van der Waals surface area contributed by atoms with Crippen LogP contribution in [0.3, 0.4) is 0 Å². The van der Waals surface area contributed by atoms with Crippen molar-refractivity contribution >= 4 is 17.3 Å². The monoisotopic (exact) mass is 306 g/mol. The van der Waals surface area contributed by atoms with E-state index in [1.165, 1.54) is 0 Å². The number of nitrogens with one attached hydrogen (secondary N) is 1. The van der Waals surface area contributed by atoms with Crippen LogP contribution >= 0.6 is 12.2 Å². The second-order valence-electron chi connectivity index (χ2n) is 6.08. The molecule has 2 heterocycles. The molecule has 2 unspecified atom stereocenters. The number of benzene rings is 1. The Morgan fingerprint density at radius 1 is 1.52 bits per heavy atom. The van der Waals surface area contributed by atoms with Crippen LogP contribution in [0.4, 0.5) is 0 Å². The molecule has 1 aromatic carbocycles. The van der Waals surface area contributed by atoms with Gasteiger partial charge >= 0.3 is 0 Å². The summed E-state index contributed by atoms with van der Waals surface area (Å²) >= 11 is 5.54. The van der Waals surface area contributed by atoms with E-state index in [2.05, 4.69) is 37.1 Å². The minimum atomic E-state index is -0.404. The largest absolute Gasteiger partial charge is 0.494 e. The van der Waals surface area contributed by atoms with Crippen LogP contribution in [0.15, 0.2) is 18.2 Å². The average Bonchev–Trinajstić information content (AvgIpc) is 2.36. The van der Waals surface area contributed by atoms with Gasteiger partial charge in [0.25, 0.3) is 0 Å². The number of hydrogen-bond acceptors (Lipinski definition) is 3. The molecule has 21 heavy (non-hydrogen) atoms. The molecule has 1 fully saturated rings. The molecular weight excluding hydrogens is 284 g/mol. The van der Waals surface area contributed by atoms with Crippen molar-refractivity contribution in [3.8, 4) is 11.5 Å². The molecule has 4 nitrogen and oxygen atoms in total. The van der Waals surface area contributed by atoms with Gasteiger partial charge in [-0.3, -0.25) is 0 Å². The molecule has 0 radical (unpaired) electrons. The standard InChI is InChI=1S/C16H22N2O2S/c1-5-19-11-6-7-12-13-9-16(4,20-14(12)8-11)18(10(2)3)15(21)17-13/h6-8,10,13H,5,9H2,1-4H3,(H,17,21). The Morgan fingerprint density at radius 2 is 2.29 bits per heavy atom. The molecule has 2 atom stereocenters. The molecule has 2 bridgehead atoms. The van der Waals surface area contributed by atoms with Crippen molar-refractivity contribution in [2.24, 2.45) is 0 Å². The summed E-state index contributed by atoms with van der Waals surface area (Å²) in [5.41, 5.74) is 0.751. The zero-order valence-corrected chi connectivity index (χ0v) is 13.8. The highest BCUT2D eigenvalue weighted by molar-refractivity contribution is 7.80. The topological polar surface area (TPSA) is 33.7 Å². The molecule has 0 amide bonds. The van der Waals surface area contributed by atoms with Crippen molar-refractivity contribution in [3.05, 3.63) is 23.8 Å². The molecule has 0 spiro atoms. The fraction of sp³-hybridized carbons (Fsp3) is 0.562. The van der Waals surface area contributed by atoms with E-state index in [1.54, 1.807) is 0 Å². The fourth-order valence-electron chi connectivity index (χ4n) is 3.41. The molecule has 0 aromatic heterocycles. The van der Waals surface area contributed by atoms with Crippen LogP contribution in [0.25, 0.3) is 0 Å². The first kappa shape index (κ1) is 14.4. The lowest BCUT2D eigenvalue weighted by atomic mass is 9.90. The van der Waals surface area contributed by atoms with Crippen LogP contribution in [0, 0.1) is 0 Å². The summed E-state index contributed by atoms with van der Waals surface area (Å²) in [6, 6.07) is 6.54. The Bertz CT molecular complexity index is 575. The van der Waals surface area contributed by atoms with Gasteiger partial charge in [-0.15, -0.1) is 0 Å². The second-order valence-corrected chi connectivity index (χ2v) is 6.47. The van der Waals surface area contributed by atoms with Gasteiger partial charge in [-0.2, -0.15) is 0 Å². The van der Waals surface area contributed by atoms with E-state index in [1.807, 2.05) is 19.1 Å². The van der Waals surface area contributed by atoms with E-state index in [0.717, 1.165) is 28.6 Å². The Morgan fingerprint density at radius 3 is 2.95 bits per heavy atom. The van der Waals surface area contributed by atoms with Crippen LogP contribution < -0.4 is 14.8 Å². The Kier molecular flexibility index (Phi) is 3.48. The Balaban J connectivity index is 2.01. The first-order valence-electron chi connectivity index (χ1n) is 7.50. The lowest BCUT2D eigenvalue weighted by Gasteiger charge is -2.53. The van der Waals surface area contributed by atoms with Crippen molar-refractivity contribution in [2.45, 2.75) is 51.9 Å².